The molecule has 132 valence electrons. The lowest BCUT2D eigenvalue weighted by Crippen LogP contribution is -2.45. The number of nitrogens with zero attached hydrogens (tertiary/aromatic N) is 2. The zero-order valence-electron chi connectivity index (χ0n) is 15.4. The fourth-order valence-corrected chi connectivity index (χ4v) is 3.16. The van der Waals surface area contributed by atoms with Crippen molar-refractivity contribution in [2.75, 3.05) is 33.2 Å². The molecular weight excluding hydrogens is 306 g/mol. The number of benzene rings is 1. The van der Waals surface area contributed by atoms with Crippen LogP contribution in [0.2, 0.25) is 0 Å². The van der Waals surface area contributed by atoms with Crippen molar-refractivity contribution in [1.29, 1.82) is 0 Å². The first-order valence-corrected chi connectivity index (χ1v) is 8.73. The molecule has 2 aliphatic heterocycles. The molecule has 0 radical (unpaired) electrons. The summed E-state index contributed by atoms with van der Waals surface area (Å²) in [7, 11) is 1.69. The molecule has 2 saturated heterocycles. The molecule has 2 fully saturated rings. The minimum absolute atomic E-state index is 0.209. The molecule has 1 aromatic rings. The van der Waals surface area contributed by atoms with Gasteiger partial charge in [-0.05, 0) is 57.9 Å². The van der Waals surface area contributed by atoms with Gasteiger partial charge in [0.15, 0.2) is 0 Å². The van der Waals surface area contributed by atoms with Crippen molar-refractivity contribution in [2.24, 2.45) is 0 Å². The lowest BCUT2D eigenvalue weighted by molar-refractivity contribution is 0.00578. The molecule has 0 spiro atoms. The summed E-state index contributed by atoms with van der Waals surface area (Å²) in [6, 6.07) is 4.93. The predicted octanol–water partition coefficient (Wildman–Crippen LogP) is 1.87. The van der Waals surface area contributed by atoms with Gasteiger partial charge in [0.1, 0.15) is 5.82 Å². The first-order chi connectivity index (χ1) is 11.2. The summed E-state index contributed by atoms with van der Waals surface area (Å²) in [5.74, 6) is -0.209. The molecule has 1 aromatic carbocycles. The molecule has 24 heavy (non-hydrogen) atoms. The normalized spacial score (nSPS) is 24.5. The Morgan fingerprint density at radius 2 is 1.62 bits per heavy atom. The van der Waals surface area contributed by atoms with Gasteiger partial charge in [-0.3, -0.25) is 4.90 Å². The van der Waals surface area contributed by atoms with Gasteiger partial charge in [-0.2, -0.15) is 0 Å². The average molecular weight is 334 g/mol. The Morgan fingerprint density at radius 3 is 2.21 bits per heavy atom. The number of hydrogen-bond acceptors (Lipinski definition) is 4. The zero-order valence-corrected chi connectivity index (χ0v) is 15.4. The van der Waals surface area contributed by atoms with E-state index in [1.165, 1.54) is 6.07 Å². The summed E-state index contributed by atoms with van der Waals surface area (Å²) in [6.45, 7) is 13.0. The van der Waals surface area contributed by atoms with Gasteiger partial charge in [0.2, 0.25) is 0 Å². The van der Waals surface area contributed by atoms with Crippen LogP contribution in [0.4, 0.5) is 4.39 Å². The van der Waals surface area contributed by atoms with Crippen molar-refractivity contribution in [3.8, 4) is 0 Å². The topological polar surface area (TPSA) is 24.9 Å². The summed E-state index contributed by atoms with van der Waals surface area (Å²) in [5, 5.41) is 0. The van der Waals surface area contributed by atoms with E-state index in [-0.39, 0.29) is 5.82 Å². The second-order valence-electron chi connectivity index (χ2n) is 8.01. The number of hydrogen-bond donors (Lipinski definition) is 0. The third-order valence-electron chi connectivity index (χ3n) is 5.60. The van der Waals surface area contributed by atoms with Gasteiger partial charge < -0.3 is 14.2 Å². The molecule has 0 unspecified atom stereocenters. The van der Waals surface area contributed by atoms with Gasteiger partial charge in [0.25, 0.3) is 0 Å². The second-order valence-corrected chi connectivity index (χ2v) is 8.01. The van der Waals surface area contributed by atoms with Crippen molar-refractivity contribution < 1.29 is 13.7 Å². The molecule has 0 amide bonds. The second kappa shape index (κ2) is 6.41. The monoisotopic (exact) mass is 334 g/mol. The van der Waals surface area contributed by atoms with Crippen LogP contribution >= 0.6 is 0 Å². The highest BCUT2D eigenvalue weighted by Gasteiger charge is 2.52. The minimum Gasteiger partial charge on any atom is -0.399 e. The number of rotatable bonds is 3. The van der Waals surface area contributed by atoms with Crippen molar-refractivity contribution in [3.63, 3.8) is 0 Å². The molecule has 0 aromatic heterocycles. The summed E-state index contributed by atoms with van der Waals surface area (Å²) in [5.41, 5.74) is 1.11. The van der Waals surface area contributed by atoms with Crippen LogP contribution in [0.3, 0.4) is 0 Å². The van der Waals surface area contributed by atoms with E-state index in [0.29, 0.717) is 0 Å². The molecule has 2 heterocycles. The molecule has 4 nitrogen and oxygen atoms in total. The number of piperazine rings is 1. The first kappa shape index (κ1) is 17.9. The van der Waals surface area contributed by atoms with Crippen molar-refractivity contribution in [3.05, 3.63) is 29.6 Å². The maximum atomic E-state index is 13.8. The van der Waals surface area contributed by atoms with Crippen LogP contribution in [0.5, 0.6) is 0 Å². The van der Waals surface area contributed by atoms with Gasteiger partial charge in [0, 0.05) is 32.7 Å². The Kier molecular flexibility index (Phi) is 4.77. The smallest absolute Gasteiger partial charge is 0.399 e. The van der Waals surface area contributed by atoms with Crippen molar-refractivity contribution in [2.45, 2.75) is 45.4 Å². The predicted molar refractivity (Wildman–Crippen MR) is 94.9 cm³/mol. The fourth-order valence-electron chi connectivity index (χ4n) is 3.16. The lowest BCUT2D eigenvalue weighted by Gasteiger charge is -2.32. The molecule has 0 saturated carbocycles. The third-order valence-corrected chi connectivity index (χ3v) is 5.60. The zero-order chi connectivity index (χ0) is 17.5. The van der Waals surface area contributed by atoms with Gasteiger partial charge in [-0.1, -0.05) is 6.07 Å². The SMILES string of the molecule is CN1CCN(Cc2cc(F)ccc2B2OC(C)(C)C(C)(C)O2)CC1. The number of halogens is 1. The number of likely N-dealkylation sites (N-methyl/N-ethyl adjacent to an activating group) is 1. The van der Waals surface area contributed by atoms with Gasteiger partial charge >= 0.3 is 7.12 Å². The van der Waals surface area contributed by atoms with Crippen LogP contribution in [-0.4, -0.2) is 61.3 Å². The molecule has 3 rings (SSSR count). The highest BCUT2D eigenvalue weighted by atomic mass is 19.1. The maximum absolute atomic E-state index is 13.8. The van der Waals surface area contributed by atoms with E-state index in [4.69, 9.17) is 9.31 Å². The third kappa shape index (κ3) is 3.52. The van der Waals surface area contributed by atoms with E-state index in [1.54, 1.807) is 6.07 Å². The Bertz CT molecular complexity index is 585. The summed E-state index contributed by atoms with van der Waals surface area (Å²) in [4.78, 5) is 4.68. The van der Waals surface area contributed by atoms with Gasteiger partial charge in [-0.25, -0.2) is 4.39 Å². The molecule has 0 bridgehead atoms. The minimum atomic E-state index is -0.446. The van der Waals surface area contributed by atoms with Crippen LogP contribution in [-0.2, 0) is 15.9 Å². The van der Waals surface area contributed by atoms with Crippen LogP contribution in [0.15, 0.2) is 18.2 Å². The van der Waals surface area contributed by atoms with E-state index in [2.05, 4.69) is 16.8 Å². The molecule has 0 N–H and O–H groups in total. The average Bonchev–Trinajstić information content (AvgIpc) is 2.70. The van der Waals surface area contributed by atoms with Crippen molar-refractivity contribution >= 4 is 12.6 Å². The standard InChI is InChI=1S/C18H28BFN2O2/c1-17(2)18(3,4)24-19(23-17)16-7-6-15(20)12-14(16)13-22-10-8-21(5)9-11-22/h6-7,12H,8-11,13H2,1-5H3. The molecular formula is C18H28BFN2O2. The van der Waals surface area contributed by atoms with Crippen LogP contribution in [0, 0.1) is 5.82 Å². The van der Waals surface area contributed by atoms with Gasteiger partial charge in [0.05, 0.1) is 11.2 Å². The van der Waals surface area contributed by atoms with E-state index < -0.39 is 18.3 Å². The Balaban J connectivity index is 1.82. The summed E-state index contributed by atoms with van der Waals surface area (Å²) < 4.78 is 26.2. The molecule has 6 heteroatoms. The lowest BCUT2D eigenvalue weighted by atomic mass is 9.75. The van der Waals surface area contributed by atoms with E-state index in [9.17, 15) is 4.39 Å². The maximum Gasteiger partial charge on any atom is 0.495 e. The van der Waals surface area contributed by atoms with Crippen LogP contribution in [0.1, 0.15) is 33.3 Å². The van der Waals surface area contributed by atoms with E-state index >= 15 is 0 Å². The Morgan fingerprint density at radius 1 is 1.04 bits per heavy atom. The van der Waals surface area contributed by atoms with E-state index in [0.717, 1.165) is 43.8 Å². The highest BCUT2D eigenvalue weighted by molar-refractivity contribution is 6.62. The summed E-state index contributed by atoms with van der Waals surface area (Å²) in [6.07, 6.45) is 0. The van der Waals surface area contributed by atoms with Crippen LogP contribution < -0.4 is 5.46 Å². The van der Waals surface area contributed by atoms with Crippen LogP contribution in [0.25, 0.3) is 0 Å². The Labute approximate surface area is 145 Å². The molecule has 0 atom stereocenters. The molecule has 2 aliphatic rings. The fraction of sp³-hybridized carbons (Fsp3) is 0.667. The summed E-state index contributed by atoms with van der Waals surface area (Å²) >= 11 is 0. The highest BCUT2D eigenvalue weighted by Crippen LogP contribution is 2.36. The van der Waals surface area contributed by atoms with Gasteiger partial charge in [-0.15, -0.1) is 0 Å². The quantitative estimate of drug-likeness (QED) is 0.788. The molecule has 0 aliphatic carbocycles. The largest absolute Gasteiger partial charge is 0.495 e. The van der Waals surface area contributed by atoms with Crippen molar-refractivity contribution in [1.82, 2.24) is 9.80 Å². The Hall–Kier alpha value is -0.945. The van der Waals surface area contributed by atoms with E-state index in [1.807, 2.05) is 33.8 Å². The first-order valence-electron chi connectivity index (χ1n) is 8.73.